The van der Waals surface area contributed by atoms with Crippen molar-refractivity contribution >= 4 is 0 Å². The summed E-state index contributed by atoms with van der Waals surface area (Å²) in [5.74, 6) is 0.601. The van der Waals surface area contributed by atoms with E-state index in [1.54, 1.807) is 0 Å². The SMILES string of the molecule is Cn1cc(CNCC2CCC(O)C2)cc1C#N. The van der Waals surface area contributed by atoms with Crippen molar-refractivity contribution in [1.82, 2.24) is 9.88 Å². The highest BCUT2D eigenvalue weighted by Crippen LogP contribution is 2.24. The Bertz CT molecular complexity index is 419. The number of rotatable bonds is 4. The Morgan fingerprint density at radius 1 is 1.59 bits per heavy atom. The van der Waals surface area contributed by atoms with Crippen molar-refractivity contribution in [3.8, 4) is 6.07 Å². The van der Waals surface area contributed by atoms with Gasteiger partial charge in [-0.2, -0.15) is 5.26 Å². The minimum Gasteiger partial charge on any atom is -0.393 e. The van der Waals surface area contributed by atoms with Crippen LogP contribution in [0.4, 0.5) is 0 Å². The van der Waals surface area contributed by atoms with Crippen molar-refractivity contribution < 1.29 is 5.11 Å². The zero-order valence-corrected chi connectivity index (χ0v) is 10.2. The highest BCUT2D eigenvalue weighted by atomic mass is 16.3. The van der Waals surface area contributed by atoms with E-state index in [-0.39, 0.29) is 6.10 Å². The molecule has 0 aromatic carbocycles. The lowest BCUT2D eigenvalue weighted by Crippen LogP contribution is -2.21. The maximum Gasteiger partial charge on any atom is 0.120 e. The van der Waals surface area contributed by atoms with Gasteiger partial charge in [0.1, 0.15) is 11.8 Å². The van der Waals surface area contributed by atoms with Crippen LogP contribution >= 0.6 is 0 Å². The van der Waals surface area contributed by atoms with E-state index in [1.165, 1.54) is 0 Å². The van der Waals surface area contributed by atoms with Crippen LogP contribution in [0.5, 0.6) is 0 Å². The summed E-state index contributed by atoms with van der Waals surface area (Å²) in [4.78, 5) is 0. The number of nitrogens with one attached hydrogen (secondary N) is 1. The Hall–Kier alpha value is -1.31. The molecule has 2 unspecified atom stereocenters. The van der Waals surface area contributed by atoms with Gasteiger partial charge in [0.05, 0.1) is 6.10 Å². The van der Waals surface area contributed by atoms with Crippen LogP contribution in [-0.2, 0) is 13.6 Å². The molecule has 4 nitrogen and oxygen atoms in total. The van der Waals surface area contributed by atoms with Crippen LogP contribution < -0.4 is 5.32 Å². The monoisotopic (exact) mass is 233 g/mol. The zero-order chi connectivity index (χ0) is 12.3. The van der Waals surface area contributed by atoms with Crippen LogP contribution in [0, 0.1) is 17.2 Å². The Balaban J connectivity index is 1.76. The summed E-state index contributed by atoms with van der Waals surface area (Å²) in [6.45, 7) is 1.75. The summed E-state index contributed by atoms with van der Waals surface area (Å²) in [5, 5.41) is 21.7. The molecule has 4 heteroatoms. The van der Waals surface area contributed by atoms with Crippen LogP contribution in [0.25, 0.3) is 0 Å². The molecule has 1 aromatic rings. The molecule has 92 valence electrons. The van der Waals surface area contributed by atoms with Gasteiger partial charge in [0.15, 0.2) is 0 Å². The minimum atomic E-state index is -0.0938. The molecule has 1 heterocycles. The van der Waals surface area contributed by atoms with Gasteiger partial charge in [0.25, 0.3) is 0 Å². The van der Waals surface area contributed by atoms with E-state index in [9.17, 15) is 5.11 Å². The van der Waals surface area contributed by atoms with Gasteiger partial charge in [-0.25, -0.2) is 0 Å². The van der Waals surface area contributed by atoms with Crippen molar-refractivity contribution in [2.24, 2.45) is 13.0 Å². The molecule has 17 heavy (non-hydrogen) atoms. The molecular formula is C13H19N3O. The third-order valence-electron chi connectivity index (χ3n) is 3.45. The predicted molar refractivity (Wildman–Crippen MR) is 65.2 cm³/mol. The van der Waals surface area contributed by atoms with Crippen molar-refractivity contribution in [1.29, 1.82) is 5.26 Å². The third kappa shape index (κ3) is 3.09. The number of aliphatic hydroxyl groups is 1. The molecule has 0 aliphatic heterocycles. The number of nitrogens with zero attached hydrogens (tertiary/aromatic N) is 2. The van der Waals surface area contributed by atoms with E-state index in [4.69, 9.17) is 5.26 Å². The highest BCUT2D eigenvalue weighted by Gasteiger charge is 2.21. The molecule has 0 spiro atoms. The maximum absolute atomic E-state index is 9.42. The molecule has 1 aliphatic carbocycles. The van der Waals surface area contributed by atoms with Gasteiger partial charge in [-0.15, -0.1) is 0 Å². The van der Waals surface area contributed by atoms with Gasteiger partial charge in [-0.05, 0) is 43.4 Å². The first-order chi connectivity index (χ1) is 8.19. The first-order valence-electron chi connectivity index (χ1n) is 6.13. The second-order valence-electron chi connectivity index (χ2n) is 4.92. The summed E-state index contributed by atoms with van der Waals surface area (Å²) in [5.41, 5.74) is 1.83. The first kappa shape index (κ1) is 12.2. The van der Waals surface area contributed by atoms with Crippen LogP contribution in [0.1, 0.15) is 30.5 Å². The minimum absolute atomic E-state index is 0.0938. The molecular weight excluding hydrogens is 214 g/mol. The predicted octanol–water partition coefficient (Wildman–Crippen LogP) is 1.15. The summed E-state index contributed by atoms with van der Waals surface area (Å²) >= 11 is 0. The van der Waals surface area contributed by atoms with Crippen molar-refractivity contribution in [2.45, 2.75) is 31.9 Å². The van der Waals surface area contributed by atoms with E-state index < -0.39 is 0 Å². The van der Waals surface area contributed by atoms with Gasteiger partial charge in [0, 0.05) is 19.8 Å². The smallest absolute Gasteiger partial charge is 0.120 e. The summed E-state index contributed by atoms with van der Waals surface area (Å²) in [7, 11) is 1.88. The molecule has 0 radical (unpaired) electrons. The standard InChI is InChI=1S/C13H19N3O/c1-16-9-11(4-12(16)6-14)8-15-7-10-2-3-13(17)5-10/h4,9-10,13,15,17H,2-3,5,7-8H2,1H3. The topological polar surface area (TPSA) is 61.0 Å². The Morgan fingerprint density at radius 3 is 3.00 bits per heavy atom. The Labute approximate surface area is 102 Å². The maximum atomic E-state index is 9.42. The second-order valence-corrected chi connectivity index (χ2v) is 4.92. The van der Waals surface area contributed by atoms with Gasteiger partial charge < -0.3 is 15.0 Å². The van der Waals surface area contributed by atoms with Crippen LogP contribution in [0.15, 0.2) is 12.3 Å². The average Bonchev–Trinajstić information content (AvgIpc) is 2.85. The molecule has 1 aromatic heterocycles. The van der Waals surface area contributed by atoms with Crippen LogP contribution in [0.3, 0.4) is 0 Å². The fourth-order valence-corrected chi connectivity index (χ4v) is 2.50. The number of aromatic nitrogens is 1. The quantitative estimate of drug-likeness (QED) is 0.820. The lowest BCUT2D eigenvalue weighted by molar-refractivity contribution is 0.177. The number of aryl methyl sites for hydroxylation is 1. The van der Waals surface area contributed by atoms with Crippen molar-refractivity contribution in [2.75, 3.05) is 6.54 Å². The number of aliphatic hydroxyl groups excluding tert-OH is 1. The summed E-state index contributed by atoms with van der Waals surface area (Å²) < 4.78 is 1.84. The summed E-state index contributed by atoms with van der Waals surface area (Å²) in [6.07, 6.45) is 4.87. The van der Waals surface area contributed by atoms with Crippen molar-refractivity contribution in [3.63, 3.8) is 0 Å². The van der Waals surface area contributed by atoms with Gasteiger partial charge in [-0.1, -0.05) is 0 Å². The second kappa shape index (κ2) is 5.35. The molecule has 1 aliphatic rings. The highest BCUT2D eigenvalue weighted by molar-refractivity contribution is 5.28. The number of nitriles is 1. The zero-order valence-electron chi connectivity index (χ0n) is 10.2. The fourth-order valence-electron chi connectivity index (χ4n) is 2.50. The summed E-state index contributed by atoms with van der Waals surface area (Å²) in [6, 6.07) is 4.07. The first-order valence-corrected chi connectivity index (χ1v) is 6.13. The number of hydrogen-bond acceptors (Lipinski definition) is 3. The average molecular weight is 233 g/mol. The van der Waals surface area contributed by atoms with E-state index in [0.29, 0.717) is 11.6 Å². The fraction of sp³-hybridized carbons (Fsp3) is 0.615. The van der Waals surface area contributed by atoms with Crippen LogP contribution in [0.2, 0.25) is 0 Å². The van der Waals surface area contributed by atoms with Gasteiger partial charge in [-0.3, -0.25) is 0 Å². The molecule has 2 N–H and O–H groups in total. The third-order valence-corrected chi connectivity index (χ3v) is 3.45. The van der Waals surface area contributed by atoms with E-state index in [0.717, 1.165) is 37.9 Å². The lowest BCUT2D eigenvalue weighted by atomic mass is 10.1. The van der Waals surface area contributed by atoms with Gasteiger partial charge >= 0.3 is 0 Å². The lowest BCUT2D eigenvalue weighted by Gasteiger charge is -2.09. The molecule has 1 fully saturated rings. The Morgan fingerprint density at radius 2 is 2.41 bits per heavy atom. The normalized spacial score (nSPS) is 23.8. The van der Waals surface area contributed by atoms with Gasteiger partial charge in [0.2, 0.25) is 0 Å². The molecule has 0 bridgehead atoms. The molecule has 0 amide bonds. The molecule has 0 saturated heterocycles. The van der Waals surface area contributed by atoms with E-state index in [2.05, 4.69) is 11.4 Å². The Kier molecular flexibility index (Phi) is 3.82. The number of hydrogen-bond donors (Lipinski definition) is 2. The molecule has 2 atom stereocenters. The van der Waals surface area contributed by atoms with Crippen molar-refractivity contribution in [3.05, 3.63) is 23.5 Å². The molecule has 1 saturated carbocycles. The molecule has 2 rings (SSSR count). The largest absolute Gasteiger partial charge is 0.393 e. The van der Waals surface area contributed by atoms with E-state index >= 15 is 0 Å². The van der Waals surface area contributed by atoms with Crippen LogP contribution in [-0.4, -0.2) is 22.3 Å². The van der Waals surface area contributed by atoms with E-state index in [1.807, 2.05) is 23.9 Å².